The maximum Gasteiger partial charge on any atom is 0.271 e. The van der Waals surface area contributed by atoms with Gasteiger partial charge in [-0.15, -0.1) is 0 Å². The number of benzene rings is 2. The van der Waals surface area contributed by atoms with E-state index >= 15 is 0 Å². The second-order valence-corrected chi connectivity index (χ2v) is 4.33. The van der Waals surface area contributed by atoms with E-state index in [0.29, 0.717) is 22.6 Å². The summed E-state index contributed by atoms with van der Waals surface area (Å²) in [7, 11) is 2.99. The van der Waals surface area contributed by atoms with Crippen molar-refractivity contribution < 1.29 is 19.4 Å². The number of phenols is 1. The Labute approximate surface area is 128 Å². The van der Waals surface area contributed by atoms with Crippen LogP contribution in [0, 0.1) is 0 Å². The zero-order chi connectivity index (χ0) is 15.9. The number of nitrogens with zero attached hydrogens (tertiary/aromatic N) is 1. The molecule has 6 nitrogen and oxygen atoms in total. The van der Waals surface area contributed by atoms with Crippen molar-refractivity contribution >= 4 is 12.1 Å². The fraction of sp³-hybridized carbons (Fsp3) is 0.125. The Morgan fingerprint density at radius 3 is 2.68 bits per heavy atom. The van der Waals surface area contributed by atoms with Crippen molar-refractivity contribution in [3.8, 4) is 17.2 Å². The van der Waals surface area contributed by atoms with Crippen LogP contribution in [0.3, 0.4) is 0 Å². The van der Waals surface area contributed by atoms with Crippen LogP contribution in [0.2, 0.25) is 0 Å². The largest absolute Gasteiger partial charge is 0.504 e. The molecule has 0 aliphatic rings. The zero-order valence-electron chi connectivity index (χ0n) is 12.2. The number of carbonyl (C=O) groups is 1. The van der Waals surface area contributed by atoms with Gasteiger partial charge in [0.2, 0.25) is 0 Å². The summed E-state index contributed by atoms with van der Waals surface area (Å²) < 4.78 is 10.0. The van der Waals surface area contributed by atoms with Crippen LogP contribution in [0.1, 0.15) is 15.9 Å². The van der Waals surface area contributed by atoms with Gasteiger partial charge in [0.1, 0.15) is 5.75 Å². The molecule has 0 unspecified atom stereocenters. The molecule has 2 aromatic carbocycles. The number of phenolic OH excluding ortho intramolecular Hbond substituents is 1. The van der Waals surface area contributed by atoms with E-state index in [-0.39, 0.29) is 11.7 Å². The lowest BCUT2D eigenvalue weighted by atomic mass is 10.2. The quantitative estimate of drug-likeness (QED) is 0.655. The van der Waals surface area contributed by atoms with Gasteiger partial charge in [-0.2, -0.15) is 5.10 Å². The Kier molecular flexibility index (Phi) is 4.98. The lowest BCUT2D eigenvalue weighted by molar-refractivity contribution is 0.0954. The minimum Gasteiger partial charge on any atom is -0.504 e. The number of methoxy groups -OCH3 is 2. The average Bonchev–Trinajstić information content (AvgIpc) is 2.56. The highest BCUT2D eigenvalue weighted by Crippen LogP contribution is 2.27. The molecule has 0 atom stereocenters. The molecule has 22 heavy (non-hydrogen) atoms. The van der Waals surface area contributed by atoms with Gasteiger partial charge in [0.25, 0.3) is 5.91 Å². The average molecular weight is 300 g/mol. The maximum atomic E-state index is 11.9. The molecule has 0 fully saturated rings. The first-order valence-corrected chi connectivity index (χ1v) is 6.49. The van der Waals surface area contributed by atoms with Crippen LogP contribution in [-0.4, -0.2) is 31.4 Å². The van der Waals surface area contributed by atoms with Gasteiger partial charge in [-0.25, -0.2) is 5.43 Å². The number of hydrazone groups is 1. The van der Waals surface area contributed by atoms with Gasteiger partial charge < -0.3 is 14.6 Å². The Morgan fingerprint density at radius 2 is 1.95 bits per heavy atom. The highest BCUT2D eigenvalue weighted by Gasteiger charge is 2.07. The SMILES string of the molecule is COc1cccc(C(=O)NN=Cc2cccc(OC)c2O)c1. The Balaban J connectivity index is 2.07. The summed E-state index contributed by atoms with van der Waals surface area (Å²) in [6, 6.07) is 11.7. The summed E-state index contributed by atoms with van der Waals surface area (Å²) >= 11 is 0. The van der Waals surface area contributed by atoms with E-state index in [4.69, 9.17) is 9.47 Å². The number of nitrogens with one attached hydrogen (secondary N) is 1. The summed E-state index contributed by atoms with van der Waals surface area (Å²) in [6.07, 6.45) is 1.34. The smallest absolute Gasteiger partial charge is 0.271 e. The normalized spacial score (nSPS) is 10.5. The van der Waals surface area contributed by atoms with E-state index in [2.05, 4.69) is 10.5 Å². The molecule has 0 spiro atoms. The molecular weight excluding hydrogens is 284 g/mol. The van der Waals surface area contributed by atoms with E-state index in [1.165, 1.54) is 20.4 Å². The van der Waals surface area contributed by atoms with Crippen LogP contribution >= 0.6 is 0 Å². The molecule has 0 saturated carbocycles. The molecule has 0 saturated heterocycles. The monoisotopic (exact) mass is 300 g/mol. The minimum atomic E-state index is -0.377. The van der Waals surface area contributed by atoms with Gasteiger partial charge in [0, 0.05) is 11.1 Å². The fourth-order valence-corrected chi connectivity index (χ4v) is 1.80. The summed E-state index contributed by atoms with van der Waals surface area (Å²) in [6.45, 7) is 0. The molecule has 6 heteroatoms. The highest BCUT2D eigenvalue weighted by atomic mass is 16.5. The third-order valence-corrected chi connectivity index (χ3v) is 2.95. The summed E-state index contributed by atoms with van der Waals surface area (Å²) in [4.78, 5) is 11.9. The molecule has 0 radical (unpaired) electrons. The Hall–Kier alpha value is -3.02. The number of hydrogen-bond acceptors (Lipinski definition) is 5. The van der Waals surface area contributed by atoms with Crippen molar-refractivity contribution in [1.29, 1.82) is 0 Å². The molecule has 1 amide bonds. The van der Waals surface area contributed by atoms with Crippen molar-refractivity contribution in [2.45, 2.75) is 0 Å². The van der Waals surface area contributed by atoms with Crippen LogP contribution in [0.15, 0.2) is 47.6 Å². The van der Waals surface area contributed by atoms with Gasteiger partial charge in [-0.3, -0.25) is 4.79 Å². The molecule has 2 N–H and O–H groups in total. The van der Waals surface area contributed by atoms with E-state index in [9.17, 15) is 9.90 Å². The second-order valence-electron chi connectivity index (χ2n) is 4.33. The molecule has 0 heterocycles. The predicted molar refractivity (Wildman–Crippen MR) is 82.7 cm³/mol. The summed E-state index contributed by atoms with van der Waals surface area (Å²) in [5.74, 6) is 0.507. The first-order valence-electron chi connectivity index (χ1n) is 6.49. The Morgan fingerprint density at radius 1 is 1.18 bits per heavy atom. The van der Waals surface area contributed by atoms with Gasteiger partial charge in [0.15, 0.2) is 11.5 Å². The summed E-state index contributed by atoms with van der Waals surface area (Å²) in [5.41, 5.74) is 3.24. The maximum absolute atomic E-state index is 11.9. The van der Waals surface area contributed by atoms with Crippen molar-refractivity contribution in [1.82, 2.24) is 5.43 Å². The van der Waals surface area contributed by atoms with E-state index in [1.807, 2.05) is 0 Å². The number of hydrogen-bond donors (Lipinski definition) is 2. The number of rotatable bonds is 5. The fourth-order valence-electron chi connectivity index (χ4n) is 1.80. The molecular formula is C16H16N2O4. The number of carbonyl (C=O) groups excluding carboxylic acids is 1. The lowest BCUT2D eigenvalue weighted by Gasteiger charge is -2.05. The van der Waals surface area contributed by atoms with E-state index < -0.39 is 0 Å². The van der Waals surface area contributed by atoms with E-state index in [0.717, 1.165) is 0 Å². The Bertz CT molecular complexity index is 698. The van der Waals surface area contributed by atoms with Crippen LogP contribution in [0.5, 0.6) is 17.2 Å². The molecule has 2 aromatic rings. The van der Waals surface area contributed by atoms with Crippen molar-refractivity contribution in [2.24, 2.45) is 5.10 Å². The molecule has 2 rings (SSSR count). The standard InChI is InChI=1S/C16H16N2O4/c1-21-13-7-3-5-11(9-13)16(20)18-17-10-12-6-4-8-14(22-2)15(12)19/h3-10,19H,1-2H3,(H,18,20). The number of aromatic hydroxyl groups is 1. The van der Waals surface area contributed by atoms with Crippen LogP contribution in [-0.2, 0) is 0 Å². The third kappa shape index (κ3) is 3.54. The van der Waals surface area contributed by atoms with Crippen LogP contribution < -0.4 is 14.9 Å². The number of amides is 1. The molecule has 114 valence electrons. The molecule has 0 aliphatic carbocycles. The van der Waals surface area contributed by atoms with Crippen molar-refractivity contribution in [2.75, 3.05) is 14.2 Å². The molecule has 0 bridgehead atoms. The van der Waals surface area contributed by atoms with Gasteiger partial charge >= 0.3 is 0 Å². The molecule has 0 aromatic heterocycles. The van der Waals surface area contributed by atoms with E-state index in [1.54, 1.807) is 42.5 Å². The van der Waals surface area contributed by atoms with Crippen molar-refractivity contribution in [3.63, 3.8) is 0 Å². The van der Waals surface area contributed by atoms with Gasteiger partial charge in [-0.1, -0.05) is 12.1 Å². The topological polar surface area (TPSA) is 80.2 Å². The lowest BCUT2D eigenvalue weighted by Crippen LogP contribution is -2.17. The second kappa shape index (κ2) is 7.12. The van der Waals surface area contributed by atoms with Crippen LogP contribution in [0.4, 0.5) is 0 Å². The van der Waals surface area contributed by atoms with Gasteiger partial charge in [-0.05, 0) is 30.3 Å². The van der Waals surface area contributed by atoms with Crippen LogP contribution in [0.25, 0.3) is 0 Å². The summed E-state index contributed by atoms with van der Waals surface area (Å²) in [5, 5.41) is 13.7. The predicted octanol–water partition coefficient (Wildman–Crippen LogP) is 2.17. The third-order valence-electron chi connectivity index (χ3n) is 2.95. The van der Waals surface area contributed by atoms with Gasteiger partial charge in [0.05, 0.1) is 20.4 Å². The minimum absolute atomic E-state index is 0.0376. The number of para-hydroxylation sites is 1. The molecule has 0 aliphatic heterocycles. The first-order chi connectivity index (χ1) is 10.7. The zero-order valence-corrected chi connectivity index (χ0v) is 12.2. The number of ether oxygens (including phenoxy) is 2. The van der Waals surface area contributed by atoms with Crippen molar-refractivity contribution in [3.05, 3.63) is 53.6 Å². The first kappa shape index (κ1) is 15.4. The highest BCUT2D eigenvalue weighted by molar-refractivity contribution is 5.95.